The predicted molar refractivity (Wildman–Crippen MR) is 98.6 cm³/mol. The lowest BCUT2D eigenvalue weighted by molar-refractivity contribution is -0.157. The minimum atomic E-state index is -1.43. The number of nitrogens with two attached hydrogens (primary N) is 1. The van der Waals surface area contributed by atoms with Crippen LogP contribution in [0.5, 0.6) is 0 Å². The van der Waals surface area contributed by atoms with Crippen molar-refractivity contribution in [3.63, 3.8) is 0 Å². The number of benzene rings is 1. The van der Waals surface area contributed by atoms with Crippen LogP contribution in [0.15, 0.2) is 30.3 Å². The molecule has 0 saturated heterocycles. The minimum Gasteiger partial charge on any atom is -0.466 e. The molecule has 3 N–H and O–H groups in total. The Morgan fingerprint density at radius 1 is 1.04 bits per heavy atom. The van der Waals surface area contributed by atoms with Gasteiger partial charge >= 0.3 is 11.9 Å². The molecular formula is C19H26N2O7. The fourth-order valence-electron chi connectivity index (χ4n) is 2.41. The molecule has 0 fully saturated rings. The first-order chi connectivity index (χ1) is 13.4. The Labute approximate surface area is 163 Å². The summed E-state index contributed by atoms with van der Waals surface area (Å²) >= 11 is 0. The Kier molecular flexibility index (Phi) is 10.3. The van der Waals surface area contributed by atoms with Gasteiger partial charge in [0, 0.05) is 0 Å². The van der Waals surface area contributed by atoms with Gasteiger partial charge in [0.25, 0.3) is 0 Å². The molecule has 0 spiro atoms. The Morgan fingerprint density at radius 3 is 2.25 bits per heavy atom. The van der Waals surface area contributed by atoms with Gasteiger partial charge in [-0.2, -0.15) is 0 Å². The van der Waals surface area contributed by atoms with Crippen molar-refractivity contribution in [1.82, 2.24) is 5.32 Å². The van der Waals surface area contributed by atoms with Crippen molar-refractivity contribution in [1.29, 1.82) is 0 Å². The van der Waals surface area contributed by atoms with E-state index in [0.717, 1.165) is 5.56 Å². The summed E-state index contributed by atoms with van der Waals surface area (Å²) in [6.07, 6.45) is -0.453. The van der Waals surface area contributed by atoms with E-state index < -0.39 is 42.1 Å². The maximum absolute atomic E-state index is 12.2. The Bertz CT molecular complexity index is 664. The zero-order chi connectivity index (χ0) is 20.9. The summed E-state index contributed by atoms with van der Waals surface area (Å²) in [6, 6.07) is 7.76. The number of carbonyl (C=O) groups is 4. The van der Waals surface area contributed by atoms with Crippen molar-refractivity contribution in [2.24, 2.45) is 11.7 Å². The van der Waals surface area contributed by atoms with Crippen molar-refractivity contribution >= 4 is 23.8 Å². The summed E-state index contributed by atoms with van der Waals surface area (Å²) in [5.41, 5.74) is 6.20. The third kappa shape index (κ3) is 8.17. The molecule has 0 unspecified atom stereocenters. The van der Waals surface area contributed by atoms with Crippen LogP contribution >= 0.6 is 0 Å². The van der Waals surface area contributed by atoms with Gasteiger partial charge in [-0.05, 0) is 19.4 Å². The normalized spacial score (nSPS) is 12.5. The average Bonchev–Trinajstić information content (AvgIpc) is 2.65. The van der Waals surface area contributed by atoms with Gasteiger partial charge in [0.2, 0.25) is 11.8 Å². The molecular weight excluding hydrogens is 368 g/mol. The number of carbonyl (C=O) groups excluding carboxylic acids is 4. The molecule has 1 rings (SSSR count). The molecule has 9 heteroatoms. The fraction of sp³-hybridized carbons (Fsp3) is 0.474. The van der Waals surface area contributed by atoms with Crippen LogP contribution in [0.4, 0.5) is 0 Å². The molecule has 0 saturated carbocycles. The predicted octanol–water partition coefficient (Wildman–Crippen LogP) is 0.306. The summed E-state index contributed by atoms with van der Waals surface area (Å²) in [7, 11) is 0. The lowest BCUT2D eigenvalue weighted by Crippen LogP contribution is -2.53. The summed E-state index contributed by atoms with van der Waals surface area (Å²) in [4.78, 5) is 47.9. The maximum Gasteiger partial charge on any atom is 0.312 e. The molecule has 0 aromatic heterocycles. The monoisotopic (exact) mass is 394 g/mol. The van der Waals surface area contributed by atoms with Crippen LogP contribution in [0.2, 0.25) is 0 Å². The van der Waals surface area contributed by atoms with Gasteiger partial charge in [-0.3, -0.25) is 19.2 Å². The molecule has 0 aliphatic rings. The molecule has 2 atom stereocenters. The van der Waals surface area contributed by atoms with Crippen molar-refractivity contribution in [2.75, 3.05) is 19.8 Å². The quantitative estimate of drug-likeness (QED) is 0.487. The molecule has 0 bridgehead atoms. The molecule has 2 amide bonds. The molecule has 9 nitrogen and oxygen atoms in total. The SMILES string of the molecule is CCOC(=O)C[C@H](C(=O)OCC)[C@H](NC(=O)COCc1ccccc1)C(N)=O. The highest BCUT2D eigenvalue weighted by Gasteiger charge is 2.37. The number of rotatable bonds is 12. The maximum atomic E-state index is 12.2. The number of primary amides is 1. The van der Waals surface area contributed by atoms with Crippen LogP contribution in [0.25, 0.3) is 0 Å². The smallest absolute Gasteiger partial charge is 0.312 e. The standard InChI is InChI=1S/C19H26N2O7/c1-3-27-16(23)10-14(19(25)28-4-2)17(18(20)24)21-15(22)12-26-11-13-8-6-5-7-9-13/h5-9,14,17H,3-4,10-12H2,1-2H3,(H2,20,24)(H,21,22)/t14-,17-/m0/s1. The van der Waals surface area contributed by atoms with E-state index in [4.69, 9.17) is 19.9 Å². The van der Waals surface area contributed by atoms with Crippen molar-refractivity contribution < 1.29 is 33.4 Å². The van der Waals surface area contributed by atoms with Crippen LogP contribution < -0.4 is 11.1 Å². The first kappa shape index (κ1) is 23.1. The van der Waals surface area contributed by atoms with E-state index in [1.807, 2.05) is 30.3 Å². The zero-order valence-electron chi connectivity index (χ0n) is 16.0. The zero-order valence-corrected chi connectivity index (χ0v) is 16.0. The lowest BCUT2D eigenvalue weighted by atomic mass is 9.95. The third-order valence-electron chi connectivity index (χ3n) is 3.65. The van der Waals surface area contributed by atoms with Crippen LogP contribution in [0.3, 0.4) is 0 Å². The summed E-state index contributed by atoms with van der Waals surface area (Å²) in [5.74, 6) is -4.46. The summed E-state index contributed by atoms with van der Waals surface area (Å²) in [5, 5.41) is 2.34. The number of hydrogen-bond acceptors (Lipinski definition) is 7. The second-order valence-electron chi connectivity index (χ2n) is 5.79. The topological polar surface area (TPSA) is 134 Å². The van der Waals surface area contributed by atoms with Gasteiger partial charge in [-0.1, -0.05) is 30.3 Å². The lowest BCUT2D eigenvalue weighted by Gasteiger charge is -2.23. The van der Waals surface area contributed by atoms with Gasteiger partial charge in [0.05, 0.1) is 32.2 Å². The first-order valence-electron chi connectivity index (χ1n) is 8.91. The molecule has 1 aromatic carbocycles. The van der Waals surface area contributed by atoms with E-state index in [1.54, 1.807) is 13.8 Å². The highest BCUT2D eigenvalue weighted by atomic mass is 16.5. The number of ether oxygens (including phenoxy) is 3. The van der Waals surface area contributed by atoms with Gasteiger partial charge < -0.3 is 25.3 Å². The van der Waals surface area contributed by atoms with Gasteiger partial charge in [0.15, 0.2) is 0 Å². The van der Waals surface area contributed by atoms with E-state index in [2.05, 4.69) is 5.32 Å². The van der Waals surface area contributed by atoms with Crippen LogP contribution in [-0.4, -0.2) is 49.6 Å². The molecule has 28 heavy (non-hydrogen) atoms. The van der Waals surface area contributed by atoms with E-state index >= 15 is 0 Å². The molecule has 0 aliphatic heterocycles. The molecule has 154 valence electrons. The summed E-state index contributed by atoms with van der Waals surface area (Å²) < 4.78 is 15.0. The fourth-order valence-corrected chi connectivity index (χ4v) is 2.41. The minimum absolute atomic E-state index is 0.0395. The van der Waals surface area contributed by atoms with Crippen molar-refractivity contribution in [3.8, 4) is 0 Å². The highest BCUT2D eigenvalue weighted by Crippen LogP contribution is 2.14. The van der Waals surface area contributed by atoms with Gasteiger partial charge in [-0.25, -0.2) is 0 Å². The van der Waals surface area contributed by atoms with Crippen LogP contribution in [-0.2, 0) is 40.0 Å². The van der Waals surface area contributed by atoms with E-state index in [0.29, 0.717) is 0 Å². The summed E-state index contributed by atoms with van der Waals surface area (Å²) in [6.45, 7) is 3.17. The molecule has 1 aromatic rings. The van der Waals surface area contributed by atoms with Crippen LogP contribution in [0.1, 0.15) is 25.8 Å². The first-order valence-corrected chi connectivity index (χ1v) is 8.91. The van der Waals surface area contributed by atoms with Crippen molar-refractivity contribution in [3.05, 3.63) is 35.9 Å². The number of amides is 2. The molecule has 0 aliphatic carbocycles. The van der Waals surface area contributed by atoms with E-state index in [9.17, 15) is 19.2 Å². The Morgan fingerprint density at radius 2 is 1.68 bits per heavy atom. The van der Waals surface area contributed by atoms with E-state index in [-0.39, 0.29) is 26.4 Å². The second kappa shape index (κ2) is 12.4. The Balaban J connectivity index is 2.73. The second-order valence-corrected chi connectivity index (χ2v) is 5.79. The molecule has 0 radical (unpaired) electrons. The highest BCUT2D eigenvalue weighted by molar-refractivity contribution is 5.93. The third-order valence-corrected chi connectivity index (χ3v) is 3.65. The average molecular weight is 394 g/mol. The van der Waals surface area contributed by atoms with Gasteiger partial charge in [-0.15, -0.1) is 0 Å². The number of esters is 2. The van der Waals surface area contributed by atoms with Gasteiger partial charge in [0.1, 0.15) is 12.6 Å². The number of nitrogens with one attached hydrogen (secondary N) is 1. The Hall–Kier alpha value is -2.94. The van der Waals surface area contributed by atoms with Crippen LogP contribution in [0, 0.1) is 5.92 Å². The largest absolute Gasteiger partial charge is 0.466 e. The molecule has 0 heterocycles. The van der Waals surface area contributed by atoms with Crippen molar-refractivity contribution in [2.45, 2.75) is 32.9 Å². The number of hydrogen-bond donors (Lipinski definition) is 2. The van der Waals surface area contributed by atoms with E-state index in [1.165, 1.54) is 0 Å².